The summed E-state index contributed by atoms with van der Waals surface area (Å²) in [5.74, 6) is 0. The van der Waals surface area contributed by atoms with Gasteiger partial charge in [-0.05, 0) is 125 Å². The Hall–Kier alpha value is -8.34. The lowest BCUT2D eigenvalue weighted by Gasteiger charge is -2.30. The average molecular weight is 794 g/mol. The number of nitrogens with zero attached hydrogens (tertiary/aromatic N) is 3. The van der Waals surface area contributed by atoms with Gasteiger partial charge >= 0.3 is 0 Å². The van der Waals surface area contributed by atoms with E-state index in [0.717, 1.165) is 78.4 Å². The van der Waals surface area contributed by atoms with Crippen LogP contribution in [0.4, 0.5) is 34.1 Å². The van der Waals surface area contributed by atoms with E-state index in [-0.39, 0.29) is 0 Å². The smallest absolute Gasteiger partial charge is 0.136 e. The van der Waals surface area contributed by atoms with E-state index in [9.17, 15) is 0 Å². The molecule has 0 bridgehead atoms. The second kappa shape index (κ2) is 14.7. The normalized spacial score (nSPS) is 11.5. The fourth-order valence-corrected chi connectivity index (χ4v) is 9.24. The SMILES string of the molecule is c1ccc(-c2cc(N(c3ccccc3)c3ccc4oc5cc6ccccc6cc5c4c3)cc(N(c3ccccc3)c3ccc4c5ccccc5n(-c5ccccc5)c4c3)c2)cc1. The maximum absolute atomic E-state index is 6.49. The minimum Gasteiger partial charge on any atom is -0.456 e. The molecule has 2 heterocycles. The predicted molar refractivity (Wildman–Crippen MR) is 260 cm³/mol. The molecule has 4 heteroatoms. The van der Waals surface area contributed by atoms with Crippen molar-refractivity contribution in [1.29, 1.82) is 0 Å². The summed E-state index contributed by atoms with van der Waals surface area (Å²) in [7, 11) is 0. The van der Waals surface area contributed by atoms with Crippen LogP contribution in [-0.4, -0.2) is 4.57 Å². The molecule has 0 radical (unpaired) electrons. The fraction of sp³-hybridized carbons (Fsp3) is 0. The van der Waals surface area contributed by atoms with Gasteiger partial charge in [0, 0.05) is 61.4 Å². The van der Waals surface area contributed by atoms with Crippen molar-refractivity contribution in [2.24, 2.45) is 0 Å². The van der Waals surface area contributed by atoms with Crippen LogP contribution in [-0.2, 0) is 0 Å². The van der Waals surface area contributed by atoms with Gasteiger partial charge in [-0.2, -0.15) is 0 Å². The third kappa shape index (κ3) is 6.08. The summed E-state index contributed by atoms with van der Waals surface area (Å²) in [6, 6.07) is 84.8. The molecule has 12 aromatic rings. The molecule has 292 valence electrons. The number of hydrogen-bond donors (Lipinski definition) is 0. The van der Waals surface area contributed by atoms with Crippen molar-refractivity contribution in [2.75, 3.05) is 9.80 Å². The highest BCUT2D eigenvalue weighted by Crippen LogP contribution is 2.46. The number of furan rings is 1. The molecule has 2 aromatic heterocycles. The van der Waals surface area contributed by atoms with Crippen LogP contribution in [0.15, 0.2) is 241 Å². The first-order chi connectivity index (χ1) is 30.7. The van der Waals surface area contributed by atoms with Crippen molar-refractivity contribution in [3.05, 3.63) is 237 Å². The molecule has 0 unspecified atom stereocenters. The van der Waals surface area contributed by atoms with Crippen molar-refractivity contribution in [3.63, 3.8) is 0 Å². The van der Waals surface area contributed by atoms with Crippen LogP contribution in [0.25, 0.3) is 71.3 Å². The zero-order valence-electron chi connectivity index (χ0n) is 33.8. The summed E-state index contributed by atoms with van der Waals surface area (Å²) >= 11 is 0. The molecular weight excluding hydrogens is 755 g/mol. The summed E-state index contributed by atoms with van der Waals surface area (Å²) in [6.45, 7) is 0. The predicted octanol–water partition coefficient (Wildman–Crippen LogP) is 16.4. The van der Waals surface area contributed by atoms with Crippen LogP contribution in [0.3, 0.4) is 0 Å². The Labute approximate surface area is 359 Å². The van der Waals surface area contributed by atoms with Gasteiger partial charge in [-0.25, -0.2) is 0 Å². The molecule has 10 aromatic carbocycles. The van der Waals surface area contributed by atoms with Gasteiger partial charge in [0.05, 0.1) is 11.0 Å². The van der Waals surface area contributed by atoms with Crippen molar-refractivity contribution >= 4 is 88.6 Å². The highest BCUT2D eigenvalue weighted by Gasteiger charge is 2.22. The van der Waals surface area contributed by atoms with Crippen LogP contribution in [0.1, 0.15) is 0 Å². The van der Waals surface area contributed by atoms with Crippen LogP contribution < -0.4 is 9.80 Å². The van der Waals surface area contributed by atoms with Gasteiger partial charge < -0.3 is 18.8 Å². The number of anilines is 6. The molecule has 0 atom stereocenters. The summed E-state index contributed by atoms with van der Waals surface area (Å²) in [4.78, 5) is 4.76. The maximum Gasteiger partial charge on any atom is 0.136 e. The number of fused-ring (bicyclic) bond motifs is 7. The van der Waals surface area contributed by atoms with Gasteiger partial charge in [0.15, 0.2) is 0 Å². The molecule has 0 N–H and O–H groups in total. The van der Waals surface area contributed by atoms with E-state index in [0.29, 0.717) is 0 Å². The summed E-state index contributed by atoms with van der Waals surface area (Å²) in [5, 5.41) is 6.98. The van der Waals surface area contributed by atoms with Gasteiger partial charge in [-0.1, -0.05) is 133 Å². The lowest BCUT2D eigenvalue weighted by atomic mass is 10.0. The molecule has 62 heavy (non-hydrogen) atoms. The largest absolute Gasteiger partial charge is 0.456 e. The number of aromatic nitrogens is 1. The first-order valence-electron chi connectivity index (χ1n) is 21.1. The Morgan fingerprint density at radius 2 is 0.823 bits per heavy atom. The van der Waals surface area contributed by atoms with Crippen LogP contribution in [0.2, 0.25) is 0 Å². The molecule has 0 spiro atoms. The standard InChI is InChI=1S/C58H39N3O/c1-5-17-40(18-6-1)43-33-49(59(44-21-7-2-8-22-44)47-30-32-57-54(38-47)53-35-41-19-13-14-20-42(41)36-58(53)62-57)37-50(34-43)60(45-23-9-3-10-24-45)48-29-31-52-51-27-15-16-28-55(51)61(56(52)39-48)46-25-11-4-12-26-46/h1-39H. The average Bonchev–Trinajstić information content (AvgIpc) is 3.86. The van der Waals surface area contributed by atoms with Crippen LogP contribution >= 0.6 is 0 Å². The Bertz CT molecular complexity index is 3580. The number of para-hydroxylation sites is 4. The molecule has 12 rings (SSSR count). The lowest BCUT2D eigenvalue weighted by molar-refractivity contribution is 0.669. The summed E-state index contributed by atoms with van der Waals surface area (Å²) in [5.41, 5.74) is 13.7. The highest BCUT2D eigenvalue weighted by molar-refractivity contribution is 6.12. The monoisotopic (exact) mass is 793 g/mol. The highest BCUT2D eigenvalue weighted by atomic mass is 16.3. The second-order valence-electron chi connectivity index (χ2n) is 15.8. The fourth-order valence-electron chi connectivity index (χ4n) is 9.24. The Morgan fingerprint density at radius 3 is 1.52 bits per heavy atom. The van der Waals surface area contributed by atoms with Crippen molar-refractivity contribution < 1.29 is 4.42 Å². The Kier molecular flexibility index (Phi) is 8.46. The molecule has 4 nitrogen and oxygen atoms in total. The van der Waals surface area contributed by atoms with E-state index in [2.05, 4.69) is 251 Å². The molecule has 0 fully saturated rings. The number of hydrogen-bond acceptors (Lipinski definition) is 3. The molecule has 0 aliphatic rings. The Morgan fingerprint density at radius 1 is 0.290 bits per heavy atom. The molecule has 0 aliphatic heterocycles. The molecule has 0 saturated heterocycles. The topological polar surface area (TPSA) is 24.6 Å². The number of rotatable bonds is 8. The van der Waals surface area contributed by atoms with Gasteiger partial charge in [-0.3, -0.25) is 0 Å². The Balaban J connectivity index is 1.10. The molecule has 0 aliphatic carbocycles. The van der Waals surface area contributed by atoms with Crippen molar-refractivity contribution in [1.82, 2.24) is 4.57 Å². The van der Waals surface area contributed by atoms with E-state index in [4.69, 9.17) is 4.42 Å². The zero-order chi connectivity index (χ0) is 41.0. The van der Waals surface area contributed by atoms with E-state index >= 15 is 0 Å². The van der Waals surface area contributed by atoms with Crippen LogP contribution in [0.5, 0.6) is 0 Å². The lowest BCUT2D eigenvalue weighted by Crippen LogP contribution is -2.13. The molecule has 0 amide bonds. The van der Waals surface area contributed by atoms with Gasteiger partial charge in [0.2, 0.25) is 0 Å². The van der Waals surface area contributed by atoms with Gasteiger partial charge in [0.25, 0.3) is 0 Å². The van der Waals surface area contributed by atoms with E-state index in [1.54, 1.807) is 0 Å². The third-order valence-electron chi connectivity index (χ3n) is 12.1. The quantitative estimate of drug-likeness (QED) is 0.153. The number of benzene rings is 10. The van der Waals surface area contributed by atoms with E-state index in [1.807, 2.05) is 0 Å². The first kappa shape index (κ1) is 35.6. The van der Waals surface area contributed by atoms with Crippen LogP contribution in [0, 0.1) is 0 Å². The maximum atomic E-state index is 6.49. The van der Waals surface area contributed by atoms with E-state index in [1.165, 1.54) is 27.1 Å². The van der Waals surface area contributed by atoms with Crippen molar-refractivity contribution in [2.45, 2.75) is 0 Å². The minimum atomic E-state index is 0.865. The summed E-state index contributed by atoms with van der Waals surface area (Å²) < 4.78 is 8.88. The van der Waals surface area contributed by atoms with Crippen molar-refractivity contribution in [3.8, 4) is 16.8 Å². The first-order valence-corrected chi connectivity index (χ1v) is 21.1. The van der Waals surface area contributed by atoms with Gasteiger partial charge in [-0.15, -0.1) is 0 Å². The third-order valence-corrected chi connectivity index (χ3v) is 12.1. The second-order valence-corrected chi connectivity index (χ2v) is 15.8. The summed E-state index contributed by atoms with van der Waals surface area (Å²) in [6.07, 6.45) is 0. The molecule has 0 saturated carbocycles. The minimum absolute atomic E-state index is 0.865. The zero-order valence-corrected chi connectivity index (χ0v) is 33.8. The van der Waals surface area contributed by atoms with E-state index < -0.39 is 0 Å². The molecular formula is C58H39N3O. The van der Waals surface area contributed by atoms with Gasteiger partial charge in [0.1, 0.15) is 11.2 Å².